The Hall–Kier alpha value is -0.260. The molecule has 0 nitrogen and oxygen atoms in total. The molecule has 3 fully saturated rings. The Balaban J connectivity index is 1.48. The van der Waals surface area contributed by atoms with Crippen molar-refractivity contribution in [3.05, 3.63) is 11.6 Å². The standard InChI is InChI=1S/C28H48/c1-20(2)9-6-7-10-22-11-8-12-25-24-14-13-23-19-21(3)15-17-28(23,5)26(24)16-18-27(22,25)4/h13,20-22,24-26H,6-12,14-19H2,1-5H3/t21?,22?,24?,25?,26?,27-,28+/m0/s1. The number of unbranched alkanes of at least 4 members (excludes halogenated alkanes) is 1. The minimum atomic E-state index is 0.557. The Kier molecular flexibility index (Phi) is 6.08. The van der Waals surface area contributed by atoms with Crippen molar-refractivity contribution in [3.63, 3.8) is 0 Å². The van der Waals surface area contributed by atoms with E-state index in [0.29, 0.717) is 10.8 Å². The fourth-order valence-electron chi connectivity index (χ4n) is 8.57. The molecule has 0 radical (unpaired) electrons. The number of hydrogen-bond donors (Lipinski definition) is 0. The van der Waals surface area contributed by atoms with Gasteiger partial charge in [-0.2, -0.15) is 0 Å². The van der Waals surface area contributed by atoms with Crippen LogP contribution in [-0.4, -0.2) is 0 Å². The van der Waals surface area contributed by atoms with Crippen LogP contribution >= 0.6 is 0 Å². The van der Waals surface area contributed by atoms with Crippen molar-refractivity contribution in [1.29, 1.82) is 0 Å². The zero-order valence-corrected chi connectivity index (χ0v) is 19.7. The number of rotatable bonds is 5. The lowest BCUT2D eigenvalue weighted by molar-refractivity contribution is -0.0965. The lowest BCUT2D eigenvalue weighted by Gasteiger charge is -2.62. The lowest BCUT2D eigenvalue weighted by atomic mass is 9.43. The first-order chi connectivity index (χ1) is 13.3. The van der Waals surface area contributed by atoms with Crippen LogP contribution in [0.4, 0.5) is 0 Å². The molecule has 0 heteroatoms. The van der Waals surface area contributed by atoms with Gasteiger partial charge in [0.2, 0.25) is 0 Å². The van der Waals surface area contributed by atoms with E-state index in [9.17, 15) is 0 Å². The van der Waals surface area contributed by atoms with E-state index >= 15 is 0 Å². The molecule has 0 bridgehead atoms. The topological polar surface area (TPSA) is 0 Å². The predicted molar refractivity (Wildman–Crippen MR) is 122 cm³/mol. The summed E-state index contributed by atoms with van der Waals surface area (Å²) in [4.78, 5) is 0. The van der Waals surface area contributed by atoms with Gasteiger partial charge in [-0.15, -0.1) is 0 Å². The predicted octanol–water partition coefficient (Wildman–Crippen LogP) is 8.81. The van der Waals surface area contributed by atoms with E-state index < -0.39 is 0 Å². The molecule has 0 heterocycles. The molecule has 0 aromatic carbocycles. The van der Waals surface area contributed by atoms with E-state index in [1.54, 1.807) is 0 Å². The Bertz CT molecular complexity index is 571. The van der Waals surface area contributed by atoms with Gasteiger partial charge in [0.1, 0.15) is 0 Å². The van der Waals surface area contributed by atoms with Gasteiger partial charge < -0.3 is 0 Å². The van der Waals surface area contributed by atoms with Gasteiger partial charge in [-0.25, -0.2) is 0 Å². The molecule has 4 aliphatic carbocycles. The molecule has 0 aromatic rings. The Morgan fingerprint density at radius 3 is 2.61 bits per heavy atom. The zero-order chi connectivity index (χ0) is 19.9. The maximum atomic E-state index is 2.76. The van der Waals surface area contributed by atoms with E-state index in [1.807, 2.05) is 5.57 Å². The fraction of sp³-hybridized carbons (Fsp3) is 0.929. The average Bonchev–Trinajstić information content (AvgIpc) is 2.65. The van der Waals surface area contributed by atoms with Crippen molar-refractivity contribution < 1.29 is 0 Å². The van der Waals surface area contributed by atoms with Crippen molar-refractivity contribution in [3.8, 4) is 0 Å². The quantitative estimate of drug-likeness (QED) is 0.328. The van der Waals surface area contributed by atoms with Crippen LogP contribution in [-0.2, 0) is 0 Å². The van der Waals surface area contributed by atoms with Crippen LogP contribution in [0.1, 0.15) is 118 Å². The van der Waals surface area contributed by atoms with Crippen molar-refractivity contribution >= 4 is 0 Å². The van der Waals surface area contributed by atoms with Crippen LogP contribution in [0.25, 0.3) is 0 Å². The summed E-state index contributed by atoms with van der Waals surface area (Å²) in [5.41, 5.74) is 3.08. The molecule has 3 saturated carbocycles. The largest absolute Gasteiger partial charge is 0.0845 e. The number of allylic oxidation sites excluding steroid dienone is 2. The van der Waals surface area contributed by atoms with Crippen LogP contribution in [0, 0.1) is 46.3 Å². The van der Waals surface area contributed by atoms with Crippen molar-refractivity contribution in [2.24, 2.45) is 46.3 Å². The summed E-state index contributed by atoms with van der Waals surface area (Å²) in [6, 6.07) is 0. The number of hydrogen-bond acceptors (Lipinski definition) is 0. The molecule has 160 valence electrons. The molecule has 0 aromatic heterocycles. The highest BCUT2D eigenvalue weighted by atomic mass is 14.6. The van der Waals surface area contributed by atoms with Gasteiger partial charge in [-0.1, -0.05) is 72.0 Å². The molecular weight excluding hydrogens is 336 g/mol. The van der Waals surface area contributed by atoms with Crippen LogP contribution in [0.2, 0.25) is 0 Å². The fourth-order valence-corrected chi connectivity index (χ4v) is 8.57. The van der Waals surface area contributed by atoms with Gasteiger partial charge in [0.05, 0.1) is 0 Å². The minimum Gasteiger partial charge on any atom is -0.0845 e. The molecule has 28 heavy (non-hydrogen) atoms. The van der Waals surface area contributed by atoms with E-state index in [-0.39, 0.29) is 0 Å². The highest BCUT2D eigenvalue weighted by Gasteiger charge is 2.56. The second-order valence-electron chi connectivity index (χ2n) is 12.5. The summed E-state index contributed by atoms with van der Waals surface area (Å²) in [7, 11) is 0. The van der Waals surface area contributed by atoms with E-state index in [2.05, 4.69) is 40.7 Å². The average molecular weight is 385 g/mol. The monoisotopic (exact) mass is 384 g/mol. The molecular formula is C28H48. The summed E-state index contributed by atoms with van der Waals surface area (Å²) in [6.45, 7) is 12.7. The maximum absolute atomic E-state index is 2.76. The normalized spacial score (nSPS) is 45.8. The Morgan fingerprint density at radius 2 is 1.82 bits per heavy atom. The molecule has 0 amide bonds. The molecule has 4 aliphatic rings. The first kappa shape index (κ1) is 21.0. The van der Waals surface area contributed by atoms with Crippen molar-refractivity contribution in [1.82, 2.24) is 0 Å². The Labute approximate surface area is 176 Å². The molecule has 7 atom stereocenters. The van der Waals surface area contributed by atoms with Crippen LogP contribution in [0.15, 0.2) is 11.6 Å². The highest BCUT2D eigenvalue weighted by Crippen LogP contribution is 2.65. The van der Waals surface area contributed by atoms with Crippen LogP contribution < -0.4 is 0 Å². The number of fused-ring (bicyclic) bond motifs is 5. The molecule has 4 rings (SSSR count). The zero-order valence-electron chi connectivity index (χ0n) is 19.7. The van der Waals surface area contributed by atoms with Crippen LogP contribution in [0.5, 0.6) is 0 Å². The minimum absolute atomic E-state index is 0.557. The third kappa shape index (κ3) is 3.65. The summed E-state index contributed by atoms with van der Waals surface area (Å²) < 4.78 is 0. The van der Waals surface area contributed by atoms with E-state index in [4.69, 9.17) is 0 Å². The molecule has 0 aliphatic heterocycles. The van der Waals surface area contributed by atoms with Gasteiger partial charge in [0.25, 0.3) is 0 Å². The van der Waals surface area contributed by atoms with Crippen molar-refractivity contribution in [2.75, 3.05) is 0 Å². The SMILES string of the molecule is CC(C)CCCCC1CCCC2C3CC=C4CC(C)CC[C@@]4(C)C3CC[C@@]12C. The lowest BCUT2D eigenvalue weighted by Crippen LogP contribution is -2.53. The van der Waals surface area contributed by atoms with E-state index in [1.165, 1.54) is 83.5 Å². The third-order valence-electron chi connectivity index (χ3n) is 10.4. The van der Waals surface area contributed by atoms with Crippen molar-refractivity contribution in [2.45, 2.75) is 118 Å². The second-order valence-corrected chi connectivity index (χ2v) is 12.5. The van der Waals surface area contributed by atoms with E-state index in [0.717, 1.165) is 35.5 Å². The second kappa shape index (κ2) is 8.11. The first-order valence-electron chi connectivity index (χ1n) is 13.0. The molecule has 5 unspecified atom stereocenters. The first-order valence-corrected chi connectivity index (χ1v) is 13.0. The van der Waals surface area contributed by atoms with Gasteiger partial charge in [0, 0.05) is 0 Å². The molecule has 0 spiro atoms. The van der Waals surface area contributed by atoms with Gasteiger partial charge >= 0.3 is 0 Å². The maximum Gasteiger partial charge on any atom is -0.00851 e. The molecule has 0 saturated heterocycles. The summed E-state index contributed by atoms with van der Waals surface area (Å²) in [6.07, 6.45) is 22.1. The molecule has 0 N–H and O–H groups in total. The van der Waals surface area contributed by atoms with Gasteiger partial charge in [-0.3, -0.25) is 0 Å². The smallest absolute Gasteiger partial charge is 0.00851 e. The highest BCUT2D eigenvalue weighted by molar-refractivity contribution is 5.24. The summed E-state index contributed by atoms with van der Waals surface area (Å²) in [5, 5.41) is 0. The van der Waals surface area contributed by atoms with Gasteiger partial charge in [0.15, 0.2) is 0 Å². The Morgan fingerprint density at radius 1 is 1.00 bits per heavy atom. The third-order valence-corrected chi connectivity index (χ3v) is 10.4. The summed E-state index contributed by atoms with van der Waals surface area (Å²) in [5.74, 6) is 5.84. The van der Waals surface area contributed by atoms with Gasteiger partial charge in [-0.05, 0) is 104 Å². The van der Waals surface area contributed by atoms with Crippen LogP contribution in [0.3, 0.4) is 0 Å². The summed E-state index contributed by atoms with van der Waals surface area (Å²) >= 11 is 0.